The number of benzene rings is 2. The van der Waals surface area contributed by atoms with Crippen molar-refractivity contribution in [2.75, 3.05) is 19.8 Å². The highest BCUT2D eigenvalue weighted by Gasteiger charge is 2.34. The zero-order chi connectivity index (χ0) is 21.5. The lowest BCUT2D eigenvalue weighted by Crippen LogP contribution is -2.30. The third-order valence-electron chi connectivity index (χ3n) is 5.03. The Morgan fingerprint density at radius 1 is 1.07 bits per heavy atom. The van der Waals surface area contributed by atoms with Crippen LogP contribution in [-0.2, 0) is 20.6 Å². The third kappa shape index (κ3) is 5.55. The molecule has 4 unspecified atom stereocenters. The first-order chi connectivity index (χ1) is 14.5. The quantitative estimate of drug-likeness (QED) is 0.319. The molecule has 0 aromatic heterocycles. The molecule has 164 valence electrons. The van der Waals surface area contributed by atoms with E-state index in [9.17, 15) is 14.8 Å². The van der Waals surface area contributed by atoms with Gasteiger partial charge in [-0.15, -0.1) is 0 Å². The van der Waals surface area contributed by atoms with Crippen molar-refractivity contribution in [1.82, 2.24) is 0 Å². The first-order valence-electron chi connectivity index (χ1n) is 10.4. The van der Waals surface area contributed by atoms with Crippen LogP contribution in [0.25, 0.3) is 0 Å². The summed E-state index contributed by atoms with van der Waals surface area (Å²) in [6, 6.07) is 12.2. The highest BCUT2D eigenvalue weighted by Crippen LogP contribution is 2.41. The van der Waals surface area contributed by atoms with Crippen LogP contribution >= 0.6 is 0 Å². The predicted molar refractivity (Wildman–Crippen MR) is 114 cm³/mol. The number of aliphatic hydroxyl groups is 2. The third-order valence-corrected chi connectivity index (χ3v) is 6.57. The Balaban J connectivity index is 1.58. The van der Waals surface area contributed by atoms with Crippen molar-refractivity contribution in [3.05, 3.63) is 53.6 Å². The molecule has 7 heteroatoms. The van der Waals surface area contributed by atoms with E-state index in [-0.39, 0.29) is 12.7 Å². The Hall–Kier alpha value is -1.61. The maximum Gasteiger partial charge on any atom is 0.189 e. The SMILES string of the molecule is CCCCOCC(CC)OC(O)COc1ccc2c(c1)C(O)c1ccccc1[S+]2[O-]. The Labute approximate surface area is 181 Å². The summed E-state index contributed by atoms with van der Waals surface area (Å²) in [4.78, 5) is 1.20. The van der Waals surface area contributed by atoms with Crippen LogP contribution in [0.15, 0.2) is 52.3 Å². The molecule has 0 bridgehead atoms. The summed E-state index contributed by atoms with van der Waals surface area (Å²) >= 11 is -1.35. The summed E-state index contributed by atoms with van der Waals surface area (Å²) < 4.78 is 29.6. The van der Waals surface area contributed by atoms with E-state index in [1.807, 2.05) is 19.1 Å². The van der Waals surface area contributed by atoms with Crippen molar-refractivity contribution in [1.29, 1.82) is 0 Å². The van der Waals surface area contributed by atoms with Gasteiger partial charge in [-0.25, -0.2) is 0 Å². The molecule has 2 N–H and O–H groups in total. The summed E-state index contributed by atoms with van der Waals surface area (Å²) in [7, 11) is 0. The molecule has 4 atom stereocenters. The molecule has 0 fully saturated rings. The summed E-state index contributed by atoms with van der Waals surface area (Å²) in [6.45, 7) is 5.15. The fraction of sp³-hybridized carbons (Fsp3) is 0.478. The van der Waals surface area contributed by atoms with E-state index >= 15 is 0 Å². The molecular formula is C23H30O6S. The molecule has 3 rings (SSSR count). The minimum Gasteiger partial charge on any atom is -0.606 e. The van der Waals surface area contributed by atoms with Gasteiger partial charge in [-0.3, -0.25) is 0 Å². The van der Waals surface area contributed by atoms with E-state index in [4.69, 9.17) is 14.2 Å². The van der Waals surface area contributed by atoms with Gasteiger partial charge in [0.05, 0.1) is 12.7 Å². The highest BCUT2D eigenvalue weighted by atomic mass is 32.2. The fourth-order valence-electron chi connectivity index (χ4n) is 3.30. The van der Waals surface area contributed by atoms with Gasteiger partial charge in [-0.2, -0.15) is 0 Å². The molecule has 1 heterocycles. The number of fused-ring (bicyclic) bond motifs is 2. The molecular weight excluding hydrogens is 404 g/mol. The standard InChI is InChI=1S/C23H30O6S/c1-3-5-12-27-14-16(4-2)29-22(24)15-28-17-10-11-21-19(13-17)23(25)18-8-6-7-9-20(18)30(21)26/h6-11,13,16,22-25H,3-5,12,14-15H2,1-2H3. The first kappa shape index (κ1) is 23.1. The molecule has 1 aliphatic rings. The van der Waals surface area contributed by atoms with Crippen LogP contribution in [0.1, 0.15) is 50.3 Å². The maximum atomic E-state index is 12.8. The number of hydrogen-bond acceptors (Lipinski definition) is 6. The van der Waals surface area contributed by atoms with Gasteiger partial charge in [0.2, 0.25) is 0 Å². The number of ether oxygens (including phenoxy) is 3. The molecule has 0 spiro atoms. The Bertz CT molecular complexity index is 814. The van der Waals surface area contributed by atoms with E-state index in [1.54, 1.807) is 30.3 Å². The second kappa shape index (κ2) is 11.1. The summed E-state index contributed by atoms with van der Waals surface area (Å²) in [6.07, 6.45) is 0.623. The second-order valence-corrected chi connectivity index (χ2v) is 8.69. The van der Waals surface area contributed by atoms with E-state index in [1.165, 1.54) is 0 Å². The molecule has 0 saturated carbocycles. The zero-order valence-corrected chi connectivity index (χ0v) is 18.3. The van der Waals surface area contributed by atoms with Crippen molar-refractivity contribution in [3.63, 3.8) is 0 Å². The second-order valence-electron chi connectivity index (χ2n) is 7.27. The number of rotatable bonds is 11. The lowest BCUT2D eigenvalue weighted by molar-refractivity contribution is -0.166. The summed E-state index contributed by atoms with van der Waals surface area (Å²) in [5.74, 6) is 0.471. The summed E-state index contributed by atoms with van der Waals surface area (Å²) in [5.41, 5.74) is 1.19. The molecule has 1 aliphatic heterocycles. The van der Waals surface area contributed by atoms with E-state index in [0.29, 0.717) is 39.9 Å². The van der Waals surface area contributed by atoms with Crippen LogP contribution in [0.2, 0.25) is 0 Å². The molecule has 30 heavy (non-hydrogen) atoms. The van der Waals surface area contributed by atoms with Gasteiger partial charge in [0.25, 0.3) is 0 Å². The Morgan fingerprint density at radius 2 is 1.83 bits per heavy atom. The lowest BCUT2D eigenvalue weighted by atomic mass is 10.0. The van der Waals surface area contributed by atoms with Gasteiger partial charge >= 0.3 is 0 Å². The monoisotopic (exact) mass is 434 g/mol. The van der Waals surface area contributed by atoms with E-state index < -0.39 is 23.6 Å². The minimum absolute atomic E-state index is 0.0555. The van der Waals surface area contributed by atoms with Crippen molar-refractivity contribution in [3.8, 4) is 5.75 Å². The normalized spacial score (nSPS) is 19.6. The maximum absolute atomic E-state index is 12.8. The van der Waals surface area contributed by atoms with Crippen molar-refractivity contribution < 1.29 is 29.0 Å². The molecule has 0 aliphatic carbocycles. The largest absolute Gasteiger partial charge is 0.606 e. The Kier molecular flexibility index (Phi) is 8.56. The zero-order valence-electron chi connectivity index (χ0n) is 17.5. The van der Waals surface area contributed by atoms with Crippen molar-refractivity contribution in [2.24, 2.45) is 0 Å². The molecule has 6 nitrogen and oxygen atoms in total. The first-order valence-corrected chi connectivity index (χ1v) is 11.6. The minimum atomic E-state index is -1.35. The number of unbranched alkanes of at least 4 members (excludes halogenated alkanes) is 1. The average Bonchev–Trinajstić information content (AvgIpc) is 2.78. The lowest BCUT2D eigenvalue weighted by Gasteiger charge is -2.26. The van der Waals surface area contributed by atoms with Gasteiger partial charge in [-0.05, 0) is 37.1 Å². The number of aliphatic hydroxyl groups excluding tert-OH is 2. The van der Waals surface area contributed by atoms with Crippen molar-refractivity contribution >= 4 is 11.2 Å². The average molecular weight is 435 g/mol. The topological polar surface area (TPSA) is 91.2 Å². The van der Waals surface area contributed by atoms with Crippen LogP contribution in [0.4, 0.5) is 0 Å². The molecule has 0 radical (unpaired) electrons. The van der Waals surface area contributed by atoms with Crippen LogP contribution < -0.4 is 4.74 Å². The van der Waals surface area contributed by atoms with E-state index in [2.05, 4.69) is 6.92 Å². The van der Waals surface area contributed by atoms with Crippen molar-refractivity contribution in [2.45, 2.75) is 61.4 Å². The van der Waals surface area contributed by atoms with Gasteiger partial charge in [0.15, 0.2) is 16.1 Å². The van der Waals surface area contributed by atoms with Gasteiger partial charge < -0.3 is 29.0 Å². The summed E-state index contributed by atoms with van der Waals surface area (Å²) in [5, 5.41) is 20.9. The van der Waals surface area contributed by atoms with Crippen LogP contribution in [0.3, 0.4) is 0 Å². The van der Waals surface area contributed by atoms with Gasteiger partial charge in [0.1, 0.15) is 18.5 Å². The van der Waals surface area contributed by atoms with Crippen LogP contribution in [-0.4, -0.2) is 47.0 Å². The smallest absolute Gasteiger partial charge is 0.189 e. The predicted octanol–water partition coefficient (Wildman–Crippen LogP) is 3.56. The molecule has 2 aromatic carbocycles. The van der Waals surface area contributed by atoms with Crippen LogP contribution in [0, 0.1) is 0 Å². The van der Waals surface area contributed by atoms with E-state index in [0.717, 1.165) is 19.3 Å². The molecule has 0 saturated heterocycles. The fourth-order valence-corrected chi connectivity index (χ4v) is 4.71. The van der Waals surface area contributed by atoms with Gasteiger partial charge in [0, 0.05) is 28.9 Å². The molecule has 2 aromatic rings. The van der Waals surface area contributed by atoms with Crippen LogP contribution in [0.5, 0.6) is 5.75 Å². The Morgan fingerprint density at radius 3 is 2.60 bits per heavy atom. The highest BCUT2D eigenvalue weighted by molar-refractivity contribution is 7.91. The van der Waals surface area contributed by atoms with Gasteiger partial charge in [-0.1, -0.05) is 38.5 Å². The molecule has 0 amide bonds. The number of hydrogen-bond donors (Lipinski definition) is 2.